The molecular weight excluding hydrogens is 392 g/mol. The molecule has 7 nitrogen and oxygen atoms in total. The molecule has 0 amide bonds. The summed E-state index contributed by atoms with van der Waals surface area (Å²) in [7, 11) is 1.61. The fraction of sp³-hybridized carbons (Fsp3) is 0.381. The molecule has 1 N–H and O–H groups in total. The van der Waals surface area contributed by atoms with Gasteiger partial charge in [0, 0.05) is 31.8 Å². The second kappa shape index (κ2) is 9.24. The van der Waals surface area contributed by atoms with Gasteiger partial charge in [-0.15, -0.1) is 0 Å². The van der Waals surface area contributed by atoms with E-state index in [1.54, 1.807) is 19.2 Å². The number of allylic oxidation sites excluding steroid dienone is 1. The predicted octanol–water partition coefficient (Wildman–Crippen LogP) is 2.79. The highest BCUT2D eigenvalue weighted by atomic mass is 35.5. The van der Waals surface area contributed by atoms with Gasteiger partial charge in [-0.2, -0.15) is 0 Å². The van der Waals surface area contributed by atoms with Crippen molar-refractivity contribution < 1.29 is 5.11 Å². The highest BCUT2D eigenvalue weighted by Crippen LogP contribution is 2.17. The first-order chi connectivity index (χ1) is 14.0. The average Bonchev–Trinajstić information content (AvgIpc) is 3.07. The van der Waals surface area contributed by atoms with Crippen LogP contribution in [0, 0.1) is 0 Å². The molecule has 154 valence electrons. The van der Waals surface area contributed by atoms with Crippen molar-refractivity contribution in [2.45, 2.75) is 39.3 Å². The molecule has 0 radical (unpaired) electrons. The van der Waals surface area contributed by atoms with Crippen LogP contribution in [0.5, 0.6) is 0 Å². The van der Waals surface area contributed by atoms with E-state index in [2.05, 4.69) is 11.9 Å². The molecule has 0 saturated heterocycles. The lowest BCUT2D eigenvalue weighted by Gasteiger charge is -2.10. The molecule has 2 heterocycles. The molecule has 0 aliphatic rings. The van der Waals surface area contributed by atoms with Crippen molar-refractivity contribution in [1.82, 2.24) is 18.7 Å². The molecule has 0 fully saturated rings. The van der Waals surface area contributed by atoms with E-state index in [9.17, 15) is 9.59 Å². The molecule has 8 heteroatoms. The molecule has 1 aromatic carbocycles. The van der Waals surface area contributed by atoms with Crippen LogP contribution in [-0.2, 0) is 20.1 Å². The third kappa shape index (κ3) is 4.36. The Morgan fingerprint density at radius 2 is 1.90 bits per heavy atom. The van der Waals surface area contributed by atoms with Crippen LogP contribution >= 0.6 is 11.6 Å². The summed E-state index contributed by atoms with van der Waals surface area (Å²) in [5.74, 6) is 0.621. The van der Waals surface area contributed by atoms with Crippen molar-refractivity contribution in [3.63, 3.8) is 0 Å². The number of unbranched alkanes of at least 4 members (excludes halogenated alkanes) is 1. The Morgan fingerprint density at radius 1 is 1.17 bits per heavy atom. The van der Waals surface area contributed by atoms with Crippen LogP contribution in [0.15, 0.2) is 39.9 Å². The first-order valence-corrected chi connectivity index (χ1v) is 10.1. The fourth-order valence-electron chi connectivity index (χ4n) is 3.23. The van der Waals surface area contributed by atoms with E-state index in [0.29, 0.717) is 35.0 Å². The van der Waals surface area contributed by atoms with Gasteiger partial charge in [0.15, 0.2) is 11.2 Å². The number of imidazole rings is 1. The molecule has 0 aliphatic carbocycles. The number of hydrogen-bond acceptors (Lipinski definition) is 4. The van der Waals surface area contributed by atoms with E-state index < -0.39 is 11.2 Å². The standard InChI is InChI=1S/C21H25ClN4O3/c1-3-4-5-7-17-23-19-18(26(17)14-15-8-10-16(22)11-9-15)20(28)25(12-6-13-27)21(29)24(19)2/h5,7-11,27H,3-4,6,12-14H2,1-2H3/b7-5+. The molecular formula is C21H25ClN4O3. The summed E-state index contributed by atoms with van der Waals surface area (Å²) in [6.07, 6.45) is 6.13. The highest BCUT2D eigenvalue weighted by Gasteiger charge is 2.19. The van der Waals surface area contributed by atoms with Gasteiger partial charge in [-0.25, -0.2) is 9.78 Å². The van der Waals surface area contributed by atoms with E-state index in [0.717, 1.165) is 23.0 Å². The normalized spacial score (nSPS) is 11.7. The van der Waals surface area contributed by atoms with Gasteiger partial charge in [0.2, 0.25) is 0 Å². The lowest BCUT2D eigenvalue weighted by molar-refractivity contribution is 0.277. The van der Waals surface area contributed by atoms with Crippen molar-refractivity contribution in [3.8, 4) is 0 Å². The molecule has 0 unspecified atom stereocenters. The lowest BCUT2D eigenvalue weighted by Crippen LogP contribution is -2.39. The third-order valence-electron chi connectivity index (χ3n) is 4.78. The van der Waals surface area contributed by atoms with Gasteiger partial charge in [-0.05, 0) is 36.6 Å². The molecule has 0 spiro atoms. The number of hydrogen-bond donors (Lipinski definition) is 1. The molecule has 3 aromatic rings. The fourth-order valence-corrected chi connectivity index (χ4v) is 3.36. The predicted molar refractivity (Wildman–Crippen MR) is 115 cm³/mol. The number of halogens is 1. The minimum atomic E-state index is -0.434. The van der Waals surface area contributed by atoms with Crippen LogP contribution in [0.2, 0.25) is 5.02 Å². The third-order valence-corrected chi connectivity index (χ3v) is 5.03. The summed E-state index contributed by atoms with van der Waals surface area (Å²) in [6, 6.07) is 7.41. The summed E-state index contributed by atoms with van der Waals surface area (Å²) in [5.41, 5.74) is 0.861. The monoisotopic (exact) mass is 416 g/mol. The summed E-state index contributed by atoms with van der Waals surface area (Å²) in [4.78, 5) is 30.4. The van der Waals surface area contributed by atoms with Crippen LogP contribution in [0.3, 0.4) is 0 Å². The molecule has 29 heavy (non-hydrogen) atoms. The molecule has 0 bridgehead atoms. The van der Waals surface area contributed by atoms with E-state index in [1.807, 2.05) is 28.9 Å². The molecule has 0 atom stereocenters. The first kappa shape index (κ1) is 21.1. The van der Waals surface area contributed by atoms with E-state index in [4.69, 9.17) is 16.7 Å². The van der Waals surface area contributed by atoms with Crippen LogP contribution in [-0.4, -0.2) is 30.4 Å². The van der Waals surface area contributed by atoms with Crippen molar-refractivity contribution in [2.75, 3.05) is 6.61 Å². The van der Waals surface area contributed by atoms with Gasteiger partial charge in [0.05, 0.1) is 0 Å². The van der Waals surface area contributed by atoms with Crippen LogP contribution in [0.1, 0.15) is 37.6 Å². The van der Waals surface area contributed by atoms with Gasteiger partial charge in [-0.1, -0.05) is 43.2 Å². The van der Waals surface area contributed by atoms with E-state index in [1.165, 1.54) is 4.57 Å². The number of aromatic nitrogens is 4. The summed E-state index contributed by atoms with van der Waals surface area (Å²) in [5, 5.41) is 9.77. The van der Waals surface area contributed by atoms with Crippen LogP contribution < -0.4 is 11.2 Å². The first-order valence-electron chi connectivity index (χ1n) is 9.69. The van der Waals surface area contributed by atoms with Gasteiger partial charge in [-0.3, -0.25) is 13.9 Å². The number of aryl methyl sites for hydroxylation is 1. The van der Waals surface area contributed by atoms with Crippen LogP contribution in [0.4, 0.5) is 0 Å². The van der Waals surface area contributed by atoms with Gasteiger partial charge >= 0.3 is 5.69 Å². The van der Waals surface area contributed by atoms with E-state index >= 15 is 0 Å². The Balaban J connectivity index is 2.24. The second-order valence-electron chi connectivity index (χ2n) is 6.92. The largest absolute Gasteiger partial charge is 0.396 e. The average molecular weight is 417 g/mol. The van der Waals surface area contributed by atoms with Gasteiger partial charge in [0.25, 0.3) is 5.56 Å². The minimum Gasteiger partial charge on any atom is -0.396 e. The summed E-state index contributed by atoms with van der Waals surface area (Å²) >= 11 is 5.99. The quantitative estimate of drug-likeness (QED) is 0.612. The number of nitrogens with zero attached hydrogens (tertiary/aromatic N) is 4. The van der Waals surface area contributed by atoms with E-state index in [-0.39, 0.29) is 13.2 Å². The van der Waals surface area contributed by atoms with Crippen molar-refractivity contribution in [2.24, 2.45) is 7.05 Å². The Bertz CT molecular complexity index is 1140. The number of aliphatic hydroxyl groups excluding tert-OH is 1. The minimum absolute atomic E-state index is 0.0946. The Morgan fingerprint density at radius 3 is 2.55 bits per heavy atom. The Hall–Kier alpha value is -2.64. The maximum Gasteiger partial charge on any atom is 0.332 e. The number of benzene rings is 1. The zero-order valence-electron chi connectivity index (χ0n) is 16.6. The van der Waals surface area contributed by atoms with Gasteiger partial charge < -0.3 is 9.67 Å². The molecule has 3 rings (SSSR count). The summed E-state index contributed by atoms with van der Waals surface area (Å²) < 4.78 is 4.39. The van der Waals surface area contributed by atoms with Crippen molar-refractivity contribution in [1.29, 1.82) is 0 Å². The van der Waals surface area contributed by atoms with Crippen LogP contribution in [0.25, 0.3) is 17.2 Å². The number of aliphatic hydroxyl groups is 1. The Kier molecular flexibility index (Phi) is 6.71. The molecule has 2 aromatic heterocycles. The second-order valence-corrected chi connectivity index (χ2v) is 7.36. The van der Waals surface area contributed by atoms with Crippen molar-refractivity contribution in [3.05, 3.63) is 67.6 Å². The molecule has 0 aliphatic heterocycles. The van der Waals surface area contributed by atoms with Gasteiger partial charge in [0.1, 0.15) is 5.82 Å². The maximum atomic E-state index is 13.2. The highest BCUT2D eigenvalue weighted by molar-refractivity contribution is 6.30. The van der Waals surface area contributed by atoms with Crippen molar-refractivity contribution >= 4 is 28.8 Å². The smallest absolute Gasteiger partial charge is 0.332 e. The number of fused-ring (bicyclic) bond motifs is 1. The summed E-state index contributed by atoms with van der Waals surface area (Å²) in [6.45, 7) is 2.57. The zero-order valence-corrected chi connectivity index (χ0v) is 17.4. The molecule has 0 saturated carbocycles. The zero-order chi connectivity index (χ0) is 21.0. The maximum absolute atomic E-state index is 13.2. The SMILES string of the molecule is CCC/C=C/c1nc2c(c(=O)n(CCCO)c(=O)n2C)n1Cc1ccc(Cl)cc1. The Labute approximate surface area is 173 Å². The topological polar surface area (TPSA) is 82.1 Å². The number of rotatable bonds is 8. The lowest BCUT2D eigenvalue weighted by atomic mass is 10.2.